The van der Waals surface area contributed by atoms with Gasteiger partial charge in [0.2, 0.25) is 11.8 Å². The molecular weight excluding hydrogens is 556 g/mol. The molecule has 3 N–H and O–H groups in total. The maximum Gasteiger partial charge on any atom is 0.356 e. The topological polar surface area (TPSA) is 159 Å². The predicted molar refractivity (Wildman–Crippen MR) is 155 cm³/mol. The molecule has 0 spiro atoms. The minimum Gasteiger partial charge on any atom is -0.497 e. The van der Waals surface area contributed by atoms with Gasteiger partial charge in [-0.1, -0.05) is 25.0 Å². The molecule has 2 fully saturated rings. The number of carbonyl (C=O) groups excluding carboxylic acids is 4. The number of ether oxygens (including phenoxy) is 4. The van der Waals surface area contributed by atoms with Crippen LogP contribution in [0.2, 0.25) is 0 Å². The maximum atomic E-state index is 13.8. The average molecular weight is 595 g/mol. The summed E-state index contributed by atoms with van der Waals surface area (Å²) in [6, 6.07) is 4.97. The molecule has 43 heavy (non-hydrogen) atoms. The zero-order valence-corrected chi connectivity index (χ0v) is 24.7. The van der Waals surface area contributed by atoms with Gasteiger partial charge in [-0.05, 0) is 37.8 Å². The van der Waals surface area contributed by atoms with Gasteiger partial charge in [-0.15, -0.1) is 0 Å². The van der Waals surface area contributed by atoms with E-state index in [4.69, 9.17) is 24.7 Å². The number of methoxy groups -OCH3 is 3. The molecule has 5 rings (SSSR count). The largest absolute Gasteiger partial charge is 0.497 e. The van der Waals surface area contributed by atoms with Crippen LogP contribution in [0.1, 0.15) is 55.4 Å². The molecule has 2 aliphatic heterocycles. The Morgan fingerprint density at radius 3 is 2.65 bits per heavy atom. The first-order valence-electron chi connectivity index (χ1n) is 14.6. The van der Waals surface area contributed by atoms with Gasteiger partial charge in [0, 0.05) is 29.9 Å². The van der Waals surface area contributed by atoms with E-state index in [9.17, 15) is 19.2 Å². The fourth-order valence-corrected chi connectivity index (χ4v) is 6.00. The number of benzene rings is 1. The molecule has 1 saturated carbocycles. The normalized spacial score (nSPS) is 27.7. The van der Waals surface area contributed by atoms with Crippen LogP contribution in [-0.2, 0) is 23.9 Å². The predicted octanol–water partition coefficient (Wildman–Crippen LogP) is 2.27. The van der Waals surface area contributed by atoms with E-state index in [1.54, 1.807) is 18.2 Å². The molecule has 2 aromatic rings. The molecule has 1 aromatic heterocycles. The van der Waals surface area contributed by atoms with Crippen molar-refractivity contribution >= 4 is 34.7 Å². The number of hydrogen-bond donors (Lipinski definition) is 2. The van der Waals surface area contributed by atoms with E-state index in [1.165, 1.54) is 32.3 Å². The van der Waals surface area contributed by atoms with Crippen LogP contribution in [-0.4, -0.2) is 85.2 Å². The third-order valence-corrected chi connectivity index (χ3v) is 8.50. The van der Waals surface area contributed by atoms with Crippen molar-refractivity contribution in [3.05, 3.63) is 42.1 Å². The highest BCUT2D eigenvalue weighted by atomic mass is 16.5. The summed E-state index contributed by atoms with van der Waals surface area (Å²) in [6.45, 7) is 0.0900. The van der Waals surface area contributed by atoms with Crippen molar-refractivity contribution in [1.82, 2.24) is 15.2 Å². The molecule has 2 amide bonds. The van der Waals surface area contributed by atoms with Crippen LogP contribution in [0.25, 0.3) is 10.9 Å². The Morgan fingerprint density at radius 2 is 1.91 bits per heavy atom. The van der Waals surface area contributed by atoms with E-state index in [-0.39, 0.29) is 30.5 Å². The van der Waals surface area contributed by atoms with Crippen LogP contribution in [0.15, 0.2) is 36.4 Å². The number of pyridine rings is 1. The van der Waals surface area contributed by atoms with Crippen molar-refractivity contribution in [2.75, 3.05) is 27.9 Å². The summed E-state index contributed by atoms with van der Waals surface area (Å²) in [7, 11) is 4.08. The summed E-state index contributed by atoms with van der Waals surface area (Å²) >= 11 is 0. The fourth-order valence-electron chi connectivity index (χ4n) is 6.00. The van der Waals surface area contributed by atoms with Crippen LogP contribution >= 0.6 is 0 Å². The van der Waals surface area contributed by atoms with E-state index in [2.05, 4.69) is 10.3 Å². The maximum absolute atomic E-state index is 13.8. The first kappa shape index (κ1) is 30.3. The highest BCUT2D eigenvalue weighted by Gasteiger charge is 2.62. The van der Waals surface area contributed by atoms with Gasteiger partial charge in [0.05, 0.1) is 39.4 Å². The number of nitrogens with zero attached hydrogens (tertiary/aromatic N) is 2. The molecule has 1 aliphatic carbocycles. The van der Waals surface area contributed by atoms with E-state index in [0.717, 1.165) is 25.7 Å². The van der Waals surface area contributed by atoms with E-state index in [1.807, 2.05) is 12.2 Å². The van der Waals surface area contributed by atoms with Crippen LogP contribution in [0.5, 0.6) is 11.5 Å². The van der Waals surface area contributed by atoms with Gasteiger partial charge in [-0.25, -0.2) is 14.6 Å². The van der Waals surface area contributed by atoms with Crippen molar-refractivity contribution in [3.8, 4) is 11.5 Å². The number of allylic oxidation sites excluding steroid dienone is 1. The number of carbonyl (C=O) groups is 4. The molecule has 0 bridgehead atoms. The van der Waals surface area contributed by atoms with Gasteiger partial charge in [0.25, 0.3) is 0 Å². The number of rotatable bonds is 5. The van der Waals surface area contributed by atoms with Gasteiger partial charge in [0.15, 0.2) is 5.69 Å². The number of nitrogens with one attached hydrogen (secondary N) is 1. The Labute approximate surface area is 249 Å². The number of esters is 2. The van der Waals surface area contributed by atoms with Crippen molar-refractivity contribution < 1.29 is 38.1 Å². The molecule has 1 unspecified atom stereocenters. The van der Waals surface area contributed by atoms with Crippen LogP contribution in [0, 0.1) is 5.92 Å². The van der Waals surface area contributed by atoms with Gasteiger partial charge < -0.3 is 34.9 Å². The van der Waals surface area contributed by atoms with Crippen molar-refractivity contribution in [3.63, 3.8) is 0 Å². The first-order chi connectivity index (χ1) is 20.7. The Bertz CT molecular complexity index is 1440. The Kier molecular flexibility index (Phi) is 8.86. The summed E-state index contributed by atoms with van der Waals surface area (Å²) in [5, 5.41) is 3.53. The summed E-state index contributed by atoms with van der Waals surface area (Å²) in [5.41, 5.74) is 5.65. The number of nitrogens with two attached hydrogens (primary N) is 1. The second-order valence-corrected chi connectivity index (χ2v) is 11.3. The van der Waals surface area contributed by atoms with Crippen molar-refractivity contribution in [1.29, 1.82) is 0 Å². The average Bonchev–Trinajstić information content (AvgIpc) is 3.54. The molecule has 1 aromatic carbocycles. The van der Waals surface area contributed by atoms with Gasteiger partial charge in [-0.2, -0.15) is 0 Å². The lowest BCUT2D eigenvalue weighted by molar-refractivity contribution is -0.148. The summed E-state index contributed by atoms with van der Waals surface area (Å²) in [4.78, 5) is 58.5. The lowest BCUT2D eigenvalue weighted by Crippen LogP contribution is -2.55. The highest BCUT2D eigenvalue weighted by molar-refractivity contribution is 5.96. The second-order valence-electron chi connectivity index (χ2n) is 11.3. The number of fused-ring (bicyclic) bond motifs is 3. The van der Waals surface area contributed by atoms with Crippen molar-refractivity contribution in [2.45, 2.75) is 68.7 Å². The number of aromatic nitrogens is 1. The molecule has 0 radical (unpaired) electrons. The van der Waals surface area contributed by atoms with Crippen LogP contribution in [0.3, 0.4) is 0 Å². The summed E-state index contributed by atoms with van der Waals surface area (Å²) in [5.74, 6) is -1.28. The second kappa shape index (κ2) is 12.6. The van der Waals surface area contributed by atoms with Gasteiger partial charge in [0.1, 0.15) is 29.2 Å². The Balaban J connectivity index is 1.46. The van der Waals surface area contributed by atoms with Crippen molar-refractivity contribution in [2.24, 2.45) is 11.7 Å². The quantitative estimate of drug-likeness (QED) is 0.388. The zero-order chi connectivity index (χ0) is 30.7. The Morgan fingerprint density at radius 1 is 1.09 bits per heavy atom. The van der Waals surface area contributed by atoms with Crippen LogP contribution in [0.4, 0.5) is 0 Å². The Hall–Kier alpha value is -4.19. The smallest absolute Gasteiger partial charge is 0.356 e. The molecular formula is C31H38N4O8. The standard InChI is InChI=1S/C31H38N4O8/c1-40-19-11-12-21-23(13-19)33-24(29(38)41-2)15-26(21)43-20-14-25-27(36)34-31(30(39)42-3)16-18(31)9-7-5-4-6-8-10-22(32)28(37)35(25)17-20/h7,9,11-13,15,18,20,22,25H,4-6,8,10,14,16-17,32H2,1-3H3,(H,34,36)/t18-,20-,22?,25+,31-/m1/s1. The van der Waals surface area contributed by atoms with E-state index < -0.39 is 41.6 Å². The number of amides is 2. The molecule has 3 heterocycles. The number of hydrogen-bond acceptors (Lipinski definition) is 10. The molecule has 5 atom stereocenters. The molecule has 12 heteroatoms. The fraction of sp³-hybridized carbons (Fsp3) is 0.516. The molecule has 1 saturated heterocycles. The summed E-state index contributed by atoms with van der Waals surface area (Å²) < 4.78 is 21.6. The lowest BCUT2D eigenvalue weighted by atomic mass is 10.1. The van der Waals surface area contributed by atoms with E-state index in [0.29, 0.717) is 35.2 Å². The van der Waals surface area contributed by atoms with E-state index >= 15 is 0 Å². The molecule has 230 valence electrons. The van der Waals surface area contributed by atoms with Crippen LogP contribution < -0.4 is 20.5 Å². The monoisotopic (exact) mass is 594 g/mol. The van der Waals surface area contributed by atoms with Gasteiger partial charge >= 0.3 is 11.9 Å². The third kappa shape index (κ3) is 6.15. The molecule has 3 aliphatic rings. The highest BCUT2D eigenvalue weighted by Crippen LogP contribution is 2.46. The first-order valence-corrected chi connectivity index (χ1v) is 14.6. The SMILES string of the molecule is COC(=O)c1cc(O[C@@H]2C[C@H]3C(=O)N[C@]4(C(=O)OC)C[C@H]4C=CCCCCCC(N)C(=O)N3C2)c2ccc(OC)cc2n1. The molecule has 12 nitrogen and oxygen atoms in total. The minimum atomic E-state index is -1.17. The zero-order valence-electron chi connectivity index (χ0n) is 24.7. The lowest BCUT2D eigenvalue weighted by Gasteiger charge is -2.28. The minimum absolute atomic E-state index is 0.0368. The summed E-state index contributed by atoms with van der Waals surface area (Å²) in [6.07, 6.45) is 7.91. The third-order valence-electron chi connectivity index (χ3n) is 8.50. The van der Waals surface area contributed by atoms with Gasteiger partial charge in [-0.3, -0.25) is 9.59 Å².